The summed E-state index contributed by atoms with van der Waals surface area (Å²) in [6.07, 6.45) is 1.70. The van der Waals surface area contributed by atoms with Gasteiger partial charge < -0.3 is 0 Å². The zero-order valence-electron chi connectivity index (χ0n) is 10.1. The summed E-state index contributed by atoms with van der Waals surface area (Å²) in [6, 6.07) is 9.75. The molecule has 0 spiro atoms. The van der Waals surface area contributed by atoms with Crippen molar-refractivity contribution in [2.75, 3.05) is 5.43 Å². The SMILES string of the molecule is Cc1nn2nnnc2nc1NN=Cc1ccccc1. The fourth-order valence-electron chi connectivity index (χ4n) is 1.49. The lowest BCUT2D eigenvalue weighted by Gasteiger charge is -2.01. The second kappa shape index (κ2) is 4.77. The number of hydrogen-bond acceptors (Lipinski definition) is 7. The average Bonchev–Trinajstić information content (AvgIpc) is 2.87. The summed E-state index contributed by atoms with van der Waals surface area (Å²) in [6.45, 7) is 1.80. The van der Waals surface area contributed by atoms with Crippen LogP contribution in [0.4, 0.5) is 5.82 Å². The van der Waals surface area contributed by atoms with Crippen molar-refractivity contribution >= 4 is 17.8 Å². The second-order valence-electron chi connectivity index (χ2n) is 3.79. The zero-order chi connectivity index (χ0) is 13.1. The summed E-state index contributed by atoms with van der Waals surface area (Å²) in [5.41, 5.74) is 4.48. The maximum absolute atomic E-state index is 4.21. The van der Waals surface area contributed by atoms with Gasteiger partial charge in [-0.2, -0.15) is 10.1 Å². The van der Waals surface area contributed by atoms with Gasteiger partial charge in [-0.25, -0.2) is 0 Å². The van der Waals surface area contributed by atoms with E-state index in [0.29, 0.717) is 17.3 Å². The van der Waals surface area contributed by atoms with E-state index in [2.05, 4.69) is 36.1 Å². The first-order valence-corrected chi connectivity index (χ1v) is 5.60. The lowest BCUT2D eigenvalue weighted by atomic mass is 10.2. The molecule has 19 heavy (non-hydrogen) atoms. The maximum atomic E-state index is 4.21. The van der Waals surface area contributed by atoms with Gasteiger partial charge in [0.2, 0.25) is 0 Å². The third-order valence-corrected chi connectivity index (χ3v) is 2.42. The van der Waals surface area contributed by atoms with Gasteiger partial charge in [-0.1, -0.05) is 40.1 Å². The third kappa shape index (κ3) is 2.37. The number of hydrazone groups is 1. The molecule has 2 heterocycles. The van der Waals surface area contributed by atoms with E-state index < -0.39 is 0 Å². The number of aryl methyl sites for hydroxylation is 1. The van der Waals surface area contributed by atoms with Gasteiger partial charge in [0.1, 0.15) is 5.69 Å². The number of hydrogen-bond donors (Lipinski definition) is 1. The van der Waals surface area contributed by atoms with Crippen LogP contribution in [0.1, 0.15) is 11.3 Å². The van der Waals surface area contributed by atoms with Crippen LogP contribution in [-0.4, -0.2) is 36.5 Å². The molecular formula is C11H10N8. The van der Waals surface area contributed by atoms with Gasteiger partial charge in [-0.05, 0) is 22.9 Å². The van der Waals surface area contributed by atoms with E-state index in [1.54, 1.807) is 13.1 Å². The van der Waals surface area contributed by atoms with E-state index in [9.17, 15) is 0 Å². The number of nitrogens with one attached hydrogen (secondary N) is 1. The van der Waals surface area contributed by atoms with Crippen molar-refractivity contribution in [3.05, 3.63) is 41.6 Å². The second-order valence-corrected chi connectivity index (χ2v) is 3.79. The monoisotopic (exact) mass is 254 g/mol. The van der Waals surface area contributed by atoms with Crippen molar-refractivity contribution in [2.24, 2.45) is 5.10 Å². The summed E-state index contributed by atoms with van der Waals surface area (Å²) >= 11 is 0. The summed E-state index contributed by atoms with van der Waals surface area (Å²) in [4.78, 5) is 4.21. The Morgan fingerprint density at radius 1 is 1.26 bits per heavy atom. The first kappa shape index (κ1) is 11.2. The first-order chi connectivity index (χ1) is 9.33. The topological polar surface area (TPSA) is 93.2 Å². The van der Waals surface area contributed by atoms with Crippen LogP contribution in [0.2, 0.25) is 0 Å². The Morgan fingerprint density at radius 2 is 2.11 bits per heavy atom. The minimum atomic E-state index is 0.322. The van der Waals surface area contributed by atoms with Crippen LogP contribution in [-0.2, 0) is 0 Å². The molecule has 0 aliphatic carbocycles. The first-order valence-electron chi connectivity index (χ1n) is 5.60. The van der Waals surface area contributed by atoms with E-state index in [4.69, 9.17) is 0 Å². The number of aromatic nitrogens is 6. The Balaban J connectivity index is 1.81. The smallest absolute Gasteiger partial charge is 0.260 e. The number of nitrogens with zero attached hydrogens (tertiary/aromatic N) is 7. The van der Waals surface area contributed by atoms with Crippen molar-refractivity contribution in [3.8, 4) is 0 Å². The van der Waals surface area contributed by atoms with Crippen LogP contribution >= 0.6 is 0 Å². The molecule has 0 bridgehead atoms. The molecule has 0 atom stereocenters. The number of anilines is 1. The highest BCUT2D eigenvalue weighted by molar-refractivity contribution is 5.79. The lowest BCUT2D eigenvalue weighted by molar-refractivity contribution is 0.714. The van der Waals surface area contributed by atoms with E-state index >= 15 is 0 Å². The highest BCUT2D eigenvalue weighted by atomic mass is 15.6. The molecule has 8 nitrogen and oxygen atoms in total. The Hall–Kier alpha value is -2.90. The molecule has 2 aromatic heterocycles. The van der Waals surface area contributed by atoms with Crippen LogP contribution in [0.25, 0.3) is 5.78 Å². The van der Waals surface area contributed by atoms with Crippen LogP contribution in [0, 0.1) is 6.92 Å². The maximum Gasteiger partial charge on any atom is 0.293 e. The van der Waals surface area contributed by atoms with E-state index in [1.807, 2.05) is 30.3 Å². The standard InChI is InChI=1S/C11H10N8/c1-8-10(13-11-15-17-18-19(11)16-8)14-12-7-9-5-3-2-4-6-9/h2-7H,1H3,(H,13,14,15,18). The minimum Gasteiger partial charge on any atom is -0.260 e. The average molecular weight is 254 g/mol. The largest absolute Gasteiger partial charge is 0.293 e. The summed E-state index contributed by atoms with van der Waals surface area (Å²) in [7, 11) is 0. The summed E-state index contributed by atoms with van der Waals surface area (Å²) in [5, 5.41) is 19.1. The zero-order valence-corrected chi connectivity index (χ0v) is 10.1. The molecule has 0 aliphatic heterocycles. The van der Waals surface area contributed by atoms with Gasteiger partial charge in [-0.3, -0.25) is 5.43 Å². The van der Waals surface area contributed by atoms with Crippen molar-refractivity contribution in [3.63, 3.8) is 0 Å². The molecule has 3 aromatic rings. The van der Waals surface area contributed by atoms with Crippen molar-refractivity contribution in [1.29, 1.82) is 0 Å². The highest BCUT2D eigenvalue weighted by Gasteiger charge is 2.06. The molecule has 0 saturated heterocycles. The molecule has 8 heteroatoms. The van der Waals surface area contributed by atoms with Gasteiger partial charge in [0.05, 0.1) is 6.21 Å². The van der Waals surface area contributed by atoms with Gasteiger partial charge in [0.25, 0.3) is 5.78 Å². The fraction of sp³-hybridized carbons (Fsp3) is 0.0909. The molecule has 0 unspecified atom stereocenters. The molecule has 3 rings (SSSR count). The summed E-state index contributed by atoms with van der Waals surface area (Å²) < 4.78 is 1.27. The molecule has 0 amide bonds. The molecule has 1 aromatic carbocycles. The van der Waals surface area contributed by atoms with Crippen molar-refractivity contribution in [1.82, 2.24) is 30.2 Å². The summed E-state index contributed by atoms with van der Waals surface area (Å²) in [5.74, 6) is 0.845. The van der Waals surface area contributed by atoms with Crippen LogP contribution in [0.3, 0.4) is 0 Å². The molecule has 94 valence electrons. The van der Waals surface area contributed by atoms with Crippen LogP contribution in [0.5, 0.6) is 0 Å². The van der Waals surface area contributed by atoms with Gasteiger partial charge in [0.15, 0.2) is 5.82 Å². The Labute approximate surface area is 108 Å². The predicted octanol–water partition coefficient (Wildman–Crippen LogP) is 0.669. The van der Waals surface area contributed by atoms with Crippen molar-refractivity contribution < 1.29 is 0 Å². The third-order valence-electron chi connectivity index (χ3n) is 2.42. The van der Waals surface area contributed by atoms with Crippen molar-refractivity contribution in [2.45, 2.75) is 6.92 Å². The highest BCUT2D eigenvalue weighted by Crippen LogP contribution is 2.07. The van der Waals surface area contributed by atoms with Gasteiger partial charge in [0, 0.05) is 0 Å². The molecule has 0 radical (unpaired) electrons. The molecule has 0 fully saturated rings. The molecule has 0 aliphatic rings. The number of tetrazole rings is 1. The van der Waals surface area contributed by atoms with E-state index in [0.717, 1.165) is 5.56 Å². The van der Waals surface area contributed by atoms with Crippen LogP contribution in [0.15, 0.2) is 35.4 Å². The van der Waals surface area contributed by atoms with E-state index in [-0.39, 0.29) is 0 Å². The molecular weight excluding hydrogens is 244 g/mol. The molecule has 0 saturated carbocycles. The Kier molecular flexibility index (Phi) is 2.81. The van der Waals surface area contributed by atoms with Gasteiger partial charge >= 0.3 is 0 Å². The number of rotatable bonds is 3. The number of fused-ring (bicyclic) bond motifs is 1. The Bertz CT molecular complexity index is 718. The van der Waals surface area contributed by atoms with Gasteiger partial charge in [-0.15, -0.1) is 5.10 Å². The number of benzene rings is 1. The quantitative estimate of drug-likeness (QED) is 0.545. The minimum absolute atomic E-state index is 0.322. The normalized spacial score (nSPS) is 11.2. The van der Waals surface area contributed by atoms with E-state index in [1.165, 1.54) is 4.63 Å². The lowest BCUT2D eigenvalue weighted by Crippen LogP contribution is -2.05. The Morgan fingerprint density at radius 3 is 2.95 bits per heavy atom. The molecule has 1 N–H and O–H groups in total. The fourth-order valence-corrected chi connectivity index (χ4v) is 1.49. The predicted molar refractivity (Wildman–Crippen MR) is 68.8 cm³/mol. The van der Waals surface area contributed by atoms with Crippen LogP contribution < -0.4 is 5.43 Å².